The Labute approximate surface area is 162 Å². The van der Waals surface area contributed by atoms with E-state index < -0.39 is 0 Å². The minimum atomic E-state index is 0.187. The lowest BCUT2D eigenvalue weighted by Gasteiger charge is -2.56. The van der Waals surface area contributed by atoms with Crippen molar-refractivity contribution in [2.75, 3.05) is 25.1 Å². The molecule has 0 N–H and O–H groups in total. The molecule has 0 aliphatic carbocycles. The van der Waals surface area contributed by atoms with Crippen LogP contribution in [0.15, 0.2) is 36.4 Å². The summed E-state index contributed by atoms with van der Waals surface area (Å²) in [5.74, 6) is 2.65. The average Bonchev–Trinajstić information content (AvgIpc) is 3.08. The van der Waals surface area contributed by atoms with Crippen molar-refractivity contribution in [3.8, 4) is 5.75 Å². The van der Waals surface area contributed by atoms with Crippen molar-refractivity contribution in [2.45, 2.75) is 31.8 Å². The number of fused-ring (bicyclic) bond motifs is 3. The van der Waals surface area contributed by atoms with Crippen molar-refractivity contribution in [1.29, 1.82) is 0 Å². The number of aryl methyl sites for hydroxylation is 1. The highest BCUT2D eigenvalue weighted by atomic mass is 16.5. The number of rotatable bonds is 4. The van der Waals surface area contributed by atoms with Crippen LogP contribution in [0.2, 0.25) is 0 Å². The molecule has 3 aliphatic rings. The van der Waals surface area contributed by atoms with E-state index in [0.717, 1.165) is 48.1 Å². The van der Waals surface area contributed by atoms with E-state index >= 15 is 0 Å². The van der Waals surface area contributed by atoms with Gasteiger partial charge in [-0.1, -0.05) is 12.1 Å². The summed E-state index contributed by atoms with van der Waals surface area (Å²) in [5.41, 5.74) is 1.74. The molecule has 3 fully saturated rings. The van der Waals surface area contributed by atoms with Crippen molar-refractivity contribution in [2.24, 2.45) is 0 Å². The third-order valence-electron chi connectivity index (χ3n) is 5.70. The van der Waals surface area contributed by atoms with Crippen molar-refractivity contribution in [3.05, 3.63) is 47.8 Å². The first-order valence-electron chi connectivity index (χ1n) is 9.50. The highest BCUT2D eigenvalue weighted by Gasteiger charge is 2.47. The summed E-state index contributed by atoms with van der Waals surface area (Å²) in [5, 5.41) is 12.8. The molecule has 0 spiro atoms. The van der Waals surface area contributed by atoms with E-state index in [1.807, 2.05) is 43.3 Å². The predicted molar refractivity (Wildman–Crippen MR) is 103 cm³/mol. The maximum absolute atomic E-state index is 12.9. The maximum atomic E-state index is 12.9. The molecule has 3 aliphatic heterocycles. The van der Waals surface area contributed by atoms with E-state index in [0.29, 0.717) is 6.42 Å². The SMILES string of the molecule is COc1cccc(CC(=O)N2C3CC2CN(c2ccc4nnc(C)n4n2)C3)c1. The maximum Gasteiger partial charge on any atom is 0.227 e. The number of benzene rings is 1. The molecule has 3 saturated heterocycles. The molecular weight excluding hydrogens is 356 g/mol. The van der Waals surface area contributed by atoms with Crippen LogP contribution in [-0.2, 0) is 11.2 Å². The van der Waals surface area contributed by atoms with Crippen LogP contribution in [0, 0.1) is 6.92 Å². The van der Waals surface area contributed by atoms with Crippen molar-refractivity contribution < 1.29 is 9.53 Å². The van der Waals surface area contributed by atoms with E-state index in [9.17, 15) is 4.79 Å². The van der Waals surface area contributed by atoms with Crippen molar-refractivity contribution >= 4 is 17.4 Å². The Morgan fingerprint density at radius 1 is 1.18 bits per heavy atom. The lowest BCUT2D eigenvalue weighted by molar-refractivity contribution is -0.145. The highest BCUT2D eigenvalue weighted by Crippen LogP contribution is 2.34. The summed E-state index contributed by atoms with van der Waals surface area (Å²) in [7, 11) is 1.64. The summed E-state index contributed by atoms with van der Waals surface area (Å²) in [4.78, 5) is 17.2. The van der Waals surface area contributed by atoms with Crippen molar-refractivity contribution in [3.63, 3.8) is 0 Å². The molecule has 3 aromatic rings. The van der Waals surface area contributed by atoms with Crippen LogP contribution in [0.4, 0.5) is 5.82 Å². The Bertz CT molecular complexity index is 1040. The lowest BCUT2D eigenvalue weighted by Crippen LogP contribution is -2.70. The van der Waals surface area contributed by atoms with Gasteiger partial charge in [0.2, 0.25) is 5.91 Å². The molecule has 2 aromatic heterocycles. The van der Waals surface area contributed by atoms with Gasteiger partial charge >= 0.3 is 0 Å². The molecule has 8 heteroatoms. The number of carbonyl (C=O) groups excluding carboxylic acids is 1. The molecule has 5 heterocycles. The zero-order chi connectivity index (χ0) is 19.3. The first-order valence-corrected chi connectivity index (χ1v) is 9.50. The zero-order valence-electron chi connectivity index (χ0n) is 15.9. The van der Waals surface area contributed by atoms with E-state index in [1.54, 1.807) is 11.6 Å². The Morgan fingerprint density at radius 2 is 2.00 bits per heavy atom. The van der Waals surface area contributed by atoms with Crippen LogP contribution < -0.4 is 9.64 Å². The zero-order valence-corrected chi connectivity index (χ0v) is 15.9. The monoisotopic (exact) mass is 378 g/mol. The second-order valence-electron chi connectivity index (χ2n) is 7.49. The van der Waals surface area contributed by atoms with Crippen LogP contribution in [-0.4, -0.2) is 62.9 Å². The lowest BCUT2D eigenvalue weighted by atomic mass is 9.86. The van der Waals surface area contributed by atoms with Crippen LogP contribution in [0.3, 0.4) is 0 Å². The van der Waals surface area contributed by atoms with Gasteiger partial charge in [-0.2, -0.15) is 4.52 Å². The Balaban J connectivity index is 1.28. The van der Waals surface area contributed by atoms with Gasteiger partial charge in [-0.15, -0.1) is 15.3 Å². The van der Waals surface area contributed by atoms with Gasteiger partial charge in [-0.05, 0) is 43.2 Å². The summed E-state index contributed by atoms with van der Waals surface area (Å²) < 4.78 is 7.02. The average molecular weight is 378 g/mol. The minimum Gasteiger partial charge on any atom is -0.497 e. The molecule has 0 saturated carbocycles. The van der Waals surface area contributed by atoms with Crippen LogP contribution in [0.5, 0.6) is 5.75 Å². The Kier molecular flexibility index (Phi) is 3.92. The molecular formula is C20H22N6O2. The summed E-state index contributed by atoms with van der Waals surface area (Å²) in [6.07, 6.45) is 1.47. The molecule has 2 atom stereocenters. The molecule has 8 nitrogen and oxygen atoms in total. The molecule has 1 aromatic carbocycles. The number of hydrogen-bond acceptors (Lipinski definition) is 6. The summed E-state index contributed by atoms with van der Waals surface area (Å²) in [6.45, 7) is 3.50. The van der Waals surface area contributed by atoms with E-state index in [4.69, 9.17) is 4.74 Å². The van der Waals surface area contributed by atoms with Gasteiger partial charge in [0.05, 0.1) is 25.6 Å². The van der Waals surface area contributed by atoms with Crippen molar-refractivity contribution in [1.82, 2.24) is 24.7 Å². The Morgan fingerprint density at radius 3 is 2.79 bits per heavy atom. The number of ether oxygens (including phenoxy) is 1. The van der Waals surface area contributed by atoms with Gasteiger partial charge in [-0.25, -0.2) is 0 Å². The van der Waals surface area contributed by atoms with Gasteiger partial charge in [0.25, 0.3) is 0 Å². The third-order valence-corrected chi connectivity index (χ3v) is 5.70. The van der Waals surface area contributed by atoms with E-state index in [2.05, 4.69) is 25.1 Å². The summed E-state index contributed by atoms with van der Waals surface area (Å²) >= 11 is 0. The molecule has 1 amide bonds. The highest BCUT2D eigenvalue weighted by molar-refractivity contribution is 5.81. The molecule has 144 valence electrons. The number of methoxy groups -OCH3 is 1. The summed E-state index contributed by atoms with van der Waals surface area (Å²) in [6, 6.07) is 12.1. The quantitative estimate of drug-likeness (QED) is 0.684. The predicted octanol–water partition coefficient (Wildman–Crippen LogP) is 1.47. The number of hydrogen-bond donors (Lipinski definition) is 0. The van der Waals surface area contributed by atoms with E-state index in [1.165, 1.54) is 0 Å². The molecule has 2 unspecified atom stereocenters. The number of nitrogens with zero attached hydrogens (tertiary/aromatic N) is 6. The van der Waals surface area contributed by atoms with Gasteiger partial charge in [0.15, 0.2) is 11.5 Å². The molecule has 28 heavy (non-hydrogen) atoms. The number of amides is 1. The van der Waals surface area contributed by atoms with Gasteiger partial charge < -0.3 is 14.5 Å². The molecule has 6 rings (SSSR count). The van der Waals surface area contributed by atoms with Gasteiger partial charge in [-0.3, -0.25) is 4.79 Å². The van der Waals surface area contributed by atoms with Gasteiger partial charge in [0.1, 0.15) is 11.6 Å². The number of carbonyl (C=O) groups is 1. The fourth-order valence-corrected chi connectivity index (χ4v) is 4.31. The first-order chi connectivity index (χ1) is 13.6. The second-order valence-corrected chi connectivity index (χ2v) is 7.49. The Hall–Kier alpha value is -3.16. The molecule has 0 radical (unpaired) electrons. The fourth-order valence-electron chi connectivity index (χ4n) is 4.31. The number of aromatic nitrogens is 4. The minimum absolute atomic E-state index is 0.187. The smallest absolute Gasteiger partial charge is 0.227 e. The standard InChI is InChI=1S/C20H22N6O2/c1-13-21-22-18-6-7-19(23-26(13)18)24-11-15-10-16(12-24)25(15)20(27)9-14-4-3-5-17(8-14)28-2/h3-8,15-16H,9-12H2,1-2H3. The fraction of sp³-hybridized carbons (Fsp3) is 0.400. The largest absolute Gasteiger partial charge is 0.497 e. The number of piperazine rings is 1. The first kappa shape index (κ1) is 17.0. The normalized spacial score (nSPS) is 20.9. The molecule has 2 bridgehead atoms. The number of piperidine rings is 1. The topological polar surface area (TPSA) is 75.9 Å². The third kappa shape index (κ3) is 2.76. The van der Waals surface area contributed by atoms with Gasteiger partial charge in [0, 0.05) is 13.1 Å². The van der Waals surface area contributed by atoms with Crippen LogP contribution >= 0.6 is 0 Å². The van der Waals surface area contributed by atoms with E-state index in [-0.39, 0.29) is 18.0 Å². The number of anilines is 1. The van der Waals surface area contributed by atoms with Crippen LogP contribution in [0.25, 0.3) is 5.65 Å². The second kappa shape index (κ2) is 6.47. The van der Waals surface area contributed by atoms with Crippen LogP contribution in [0.1, 0.15) is 17.8 Å².